The molecule has 0 aliphatic carbocycles. The van der Waals surface area contributed by atoms with E-state index in [9.17, 15) is 9.36 Å². The number of hydrogen-bond acceptors (Lipinski definition) is 4. The zero-order valence-electron chi connectivity index (χ0n) is 10.4. The molecular formula is C10H21INO4P. The second-order valence-electron chi connectivity index (χ2n) is 3.54. The third-order valence-corrected chi connectivity index (χ3v) is 4.16. The summed E-state index contributed by atoms with van der Waals surface area (Å²) >= 11 is 1.90. The van der Waals surface area contributed by atoms with Crippen molar-refractivity contribution < 1.29 is 18.4 Å². The maximum Gasteiger partial charge on any atom is 0.434 e. The number of carbonyl (C=O) groups excluding carboxylic acids is 1. The summed E-state index contributed by atoms with van der Waals surface area (Å²) < 4.78 is 22.8. The van der Waals surface area contributed by atoms with Crippen LogP contribution in [-0.4, -0.2) is 23.5 Å². The molecule has 0 saturated heterocycles. The van der Waals surface area contributed by atoms with Crippen molar-refractivity contribution in [2.45, 2.75) is 39.5 Å². The minimum absolute atomic E-state index is 0.232. The van der Waals surface area contributed by atoms with Crippen molar-refractivity contribution in [1.82, 2.24) is 5.09 Å². The smallest absolute Gasteiger partial charge is 0.292 e. The van der Waals surface area contributed by atoms with Crippen molar-refractivity contribution in [3.8, 4) is 0 Å². The van der Waals surface area contributed by atoms with E-state index < -0.39 is 7.75 Å². The molecule has 1 amide bonds. The first-order valence-corrected chi connectivity index (χ1v) is 8.91. The lowest BCUT2D eigenvalue weighted by atomic mass is 10.4. The Labute approximate surface area is 117 Å². The zero-order chi connectivity index (χ0) is 13.1. The van der Waals surface area contributed by atoms with Crippen LogP contribution < -0.4 is 5.09 Å². The van der Waals surface area contributed by atoms with Crippen LogP contribution in [0, 0.1) is 0 Å². The number of amides is 1. The molecule has 0 aliphatic heterocycles. The van der Waals surface area contributed by atoms with Crippen LogP contribution >= 0.6 is 30.3 Å². The first kappa shape index (κ1) is 17.4. The zero-order valence-corrected chi connectivity index (χ0v) is 13.5. The van der Waals surface area contributed by atoms with E-state index in [2.05, 4.69) is 5.09 Å². The molecule has 0 aliphatic rings. The van der Waals surface area contributed by atoms with Crippen LogP contribution in [0.2, 0.25) is 0 Å². The van der Waals surface area contributed by atoms with Gasteiger partial charge in [0.2, 0.25) is 5.91 Å². The number of alkyl halides is 1. The van der Waals surface area contributed by atoms with Gasteiger partial charge in [-0.25, -0.2) is 4.57 Å². The van der Waals surface area contributed by atoms with Gasteiger partial charge in [-0.15, -0.1) is 0 Å². The summed E-state index contributed by atoms with van der Waals surface area (Å²) in [6.07, 6.45) is 3.47. The molecule has 0 rings (SSSR count). The molecule has 0 saturated carbocycles. The highest BCUT2D eigenvalue weighted by molar-refractivity contribution is 14.1. The number of nitrogens with one attached hydrogen (secondary N) is 1. The maximum absolute atomic E-state index is 12.2. The first-order chi connectivity index (χ1) is 8.08. The first-order valence-electron chi connectivity index (χ1n) is 5.84. The molecule has 7 heteroatoms. The molecule has 0 fully saturated rings. The van der Waals surface area contributed by atoms with E-state index in [0.717, 1.165) is 25.7 Å². The van der Waals surface area contributed by atoms with Gasteiger partial charge in [-0.05, 0) is 12.8 Å². The Morgan fingerprint density at radius 3 is 2.00 bits per heavy atom. The van der Waals surface area contributed by atoms with Crippen LogP contribution in [-0.2, 0) is 18.4 Å². The van der Waals surface area contributed by atoms with Crippen LogP contribution in [0.5, 0.6) is 0 Å². The van der Waals surface area contributed by atoms with E-state index in [1.807, 2.05) is 36.4 Å². The van der Waals surface area contributed by atoms with Crippen molar-refractivity contribution in [2.75, 3.05) is 17.6 Å². The topological polar surface area (TPSA) is 64.6 Å². The fourth-order valence-electron chi connectivity index (χ4n) is 0.943. The summed E-state index contributed by atoms with van der Waals surface area (Å²) in [5, 5.41) is 2.33. The minimum Gasteiger partial charge on any atom is -0.292 e. The van der Waals surface area contributed by atoms with Gasteiger partial charge in [-0.1, -0.05) is 49.3 Å². The van der Waals surface area contributed by atoms with Gasteiger partial charge in [-0.2, -0.15) is 0 Å². The molecule has 0 atom stereocenters. The van der Waals surface area contributed by atoms with Crippen molar-refractivity contribution in [2.24, 2.45) is 0 Å². The SMILES string of the molecule is CCCCOP(=O)(NC(=O)CI)OCCCC. The average molecular weight is 377 g/mol. The summed E-state index contributed by atoms with van der Waals surface area (Å²) in [6, 6.07) is 0. The molecule has 5 nitrogen and oxygen atoms in total. The number of halogens is 1. The van der Waals surface area contributed by atoms with E-state index >= 15 is 0 Å². The van der Waals surface area contributed by atoms with Gasteiger partial charge in [0, 0.05) is 0 Å². The molecule has 0 bridgehead atoms. The number of carbonyl (C=O) groups is 1. The van der Waals surface area contributed by atoms with Gasteiger partial charge in [0.05, 0.1) is 17.6 Å². The molecule has 17 heavy (non-hydrogen) atoms. The third-order valence-electron chi connectivity index (χ3n) is 1.90. The lowest BCUT2D eigenvalue weighted by molar-refractivity contribution is -0.117. The molecular weight excluding hydrogens is 356 g/mol. The fourth-order valence-corrected chi connectivity index (χ4v) is 2.76. The molecule has 1 N–H and O–H groups in total. The predicted octanol–water partition coefficient (Wildman–Crippen LogP) is 3.28. The summed E-state index contributed by atoms with van der Waals surface area (Å²) in [5.74, 6) is -0.332. The number of hydrogen-bond donors (Lipinski definition) is 1. The molecule has 102 valence electrons. The molecule has 0 aromatic rings. The standard InChI is InChI=1S/C10H21INO4P/c1-3-5-7-15-17(14,12-10(13)9-11)16-8-6-4-2/h3-9H2,1-2H3,(H,12,13,14). The van der Waals surface area contributed by atoms with Crippen molar-refractivity contribution >= 4 is 36.2 Å². The average Bonchev–Trinajstić information content (AvgIpc) is 2.29. The minimum atomic E-state index is -3.46. The van der Waals surface area contributed by atoms with Gasteiger partial charge < -0.3 is 0 Å². The predicted molar refractivity (Wildman–Crippen MR) is 76.4 cm³/mol. The molecule has 0 aromatic heterocycles. The van der Waals surface area contributed by atoms with Crippen LogP contribution in [0.4, 0.5) is 0 Å². The Hall–Kier alpha value is 0.350. The molecule has 0 spiro atoms. The van der Waals surface area contributed by atoms with Gasteiger partial charge in [0.1, 0.15) is 0 Å². The van der Waals surface area contributed by atoms with Crippen LogP contribution in [0.15, 0.2) is 0 Å². The van der Waals surface area contributed by atoms with E-state index in [-0.39, 0.29) is 10.3 Å². The quantitative estimate of drug-likeness (QED) is 0.275. The van der Waals surface area contributed by atoms with Crippen molar-refractivity contribution in [1.29, 1.82) is 0 Å². The fraction of sp³-hybridized carbons (Fsp3) is 0.900. The lowest BCUT2D eigenvalue weighted by Crippen LogP contribution is -2.24. The Morgan fingerprint density at radius 1 is 1.18 bits per heavy atom. The van der Waals surface area contributed by atoms with E-state index in [1.54, 1.807) is 0 Å². The Balaban J connectivity index is 4.24. The van der Waals surface area contributed by atoms with Gasteiger partial charge in [0.15, 0.2) is 0 Å². The molecule has 0 heterocycles. The highest BCUT2D eigenvalue weighted by atomic mass is 127. The number of unbranched alkanes of at least 4 members (excludes halogenated alkanes) is 2. The Bertz CT molecular complexity index is 249. The lowest BCUT2D eigenvalue weighted by Gasteiger charge is -2.18. The largest absolute Gasteiger partial charge is 0.434 e. The van der Waals surface area contributed by atoms with Crippen molar-refractivity contribution in [3.05, 3.63) is 0 Å². The van der Waals surface area contributed by atoms with E-state index in [4.69, 9.17) is 9.05 Å². The second kappa shape index (κ2) is 10.3. The van der Waals surface area contributed by atoms with E-state index in [0.29, 0.717) is 13.2 Å². The van der Waals surface area contributed by atoms with E-state index in [1.165, 1.54) is 0 Å². The van der Waals surface area contributed by atoms with Crippen LogP contribution in [0.1, 0.15) is 39.5 Å². The second-order valence-corrected chi connectivity index (χ2v) is 6.04. The summed E-state index contributed by atoms with van der Waals surface area (Å²) in [5.41, 5.74) is 0. The maximum atomic E-state index is 12.2. The third kappa shape index (κ3) is 8.99. The van der Waals surface area contributed by atoms with Crippen molar-refractivity contribution in [3.63, 3.8) is 0 Å². The highest BCUT2D eigenvalue weighted by Gasteiger charge is 2.26. The molecule has 0 aromatic carbocycles. The highest BCUT2D eigenvalue weighted by Crippen LogP contribution is 2.43. The van der Waals surface area contributed by atoms with Crippen LogP contribution in [0.25, 0.3) is 0 Å². The normalized spacial score (nSPS) is 11.5. The van der Waals surface area contributed by atoms with Gasteiger partial charge in [-0.3, -0.25) is 18.9 Å². The Kier molecular flexibility index (Phi) is 10.5. The summed E-state index contributed by atoms with van der Waals surface area (Å²) in [7, 11) is -3.46. The van der Waals surface area contributed by atoms with Crippen LogP contribution in [0.3, 0.4) is 0 Å². The monoisotopic (exact) mass is 377 g/mol. The molecule has 0 unspecified atom stereocenters. The van der Waals surface area contributed by atoms with Gasteiger partial charge in [0.25, 0.3) is 0 Å². The molecule has 0 radical (unpaired) electrons. The summed E-state index contributed by atoms with van der Waals surface area (Å²) in [6.45, 7) is 4.69. The number of rotatable bonds is 10. The Morgan fingerprint density at radius 2 is 1.65 bits per heavy atom. The van der Waals surface area contributed by atoms with Gasteiger partial charge >= 0.3 is 7.75 Å². The summed E-state index contributed by atoms with van der Waals surface area (Å²) in [4.78, 5) is 11.2.